The molecule has 0 spiro atoms. The van der Waals surface area contributed by atoms with Crippen molar-refractivity contribution in [3.63, 3.8) is 0 Å². The Hall–Kier alpha value is -0.820. The van der Waals surface area contributed by atoms with Gasteiger partial charge in [0.1, 0.15) is 0 Å². The molecule has 0 aromatic heterocycles. The van der Waals surface area contributed by atoms with Gasteiger partial charge in [0.2, 0.25) is 0 Å². The van der Waals surface area contributed by atoms with Crippen LogP contribution in [0.3, 0.4) is 0 Å². The summed E-state index contributed by atoms with van der Waals surface area (Å²) in [6.07, 6.45) is 7.83. The van der Waals surface area contributed by atoms with Gasteiger partial charge in [0.15, 0.2) is 0 Å². The average molecular weight is 259 g/mol. The van der Waals surface area contributed by atoms with Crippen LogP contribution in [0.5, 0.6) is 0 Å². The molecular formula is C18H29N. The van der Waals surface area contributed by atoms with Gasteiger partial charge in [0, 0.05) is 12.1 Å². The van der Waals surface area contributed by atoms with Gasteiger partial charge >= 0.3 is 0 Å². The monoisotopic (exact) mass is 259 g/mol. The molecule has 1 N–H and O–H groups in total. The normalized spacial score (nSPS) is 24.1. The van der Waals surface area contributed by atoms with Gasteiger partial charge in [0.25, 0.3) is 0 Å². The summed E-state index contributed by atoms with van der Waals surface area (Å²) in [4.78, 5) is 0. The summed E-state index contributed by atoms with van der Waals surface area (Å²) in [5.74, 6) is 0. The van der Waals surface area contributed by atoms with Gasteiger partial charge in [-0.1, -0.05) is 57.5 Å². The summed E-state index contributed by atoms with van der Waals surface area (Å²) in [6, 6.07) is 12.2. The van der Waals surface area contributed by atoms with Gasteiger partial charge in [-0.15, -0.1) is 0 Å². The summed E-state index contributed by atoms with van der Waals surface area (Å²) in [7, 11) is 0. The molecule has 1 fully saturated rings. The van der Waals surface area contributed by atoms with E-state index < -0.39 is 0 Å². The van der Waals surface area contributed by atoms with Crippen LogP contribution in [0.25, 0.3) is 0 Å². The zero-order valence-corrected chi connectivity index (χ0v) is 12.8. The maximum absolute atomic E-state index is 3.91. The third kappa shape index (κ3) is 4.65. The van der Waals surface area contributed by atoms with Gasteiger partial charge in [-0.25, -0.2) is 0 Å². The van der Waals surface area contributed by atoms with Crippen LogP contribution in [0, 0.1) is 5.41 Å². The third-order valence-corrected chi connectivity index (χ3v) is 4.49. The van der Waals surface area contributed by atoms with Crippen LogP contribution >= 0.6 is 0 Å². The Labute approximate surface area is 118 Å². The van der Waals surface area contributed by atoms with Crippen molar-refractivity contribution in [2.24, 2.45) is 5.41 Å². The Morgan fingerprint density at radius 2 is 2.00 bits per heavy atom. The molecule has 0 saturated heterocycles. The minimum atomic E-state index is 0.529. The molecule has 0 aliphatic heterocycles. The van der Waals surface area contributed by atoms with Gasteiger partial charge in [0.05, 0.1) is 0 Å². The fraction of sp³-hybridized carbons (Fsp3) is 0.667. The van der Waals surface area contributed by atoms with E-state index in [9.17, 15) is 0 Å². The standard InChI is InChI=1S/C18H29N/c1-4-16(13-15-9-6-5-7-10-15)19-17-11-8-12-18(2,3)14-17/h5-7,9-10,16-17,19H,4,8,11-14H2,1-3H3. The van der Waals surface area contributed by atoms with Gasteiger partial charge < -0.3 is 5.32 Å². The first kappa shape index (κ1) is 14.6. The number of hydrogen-bond donors (Lipinski definition) is 1. The molecule has 0 amide bonds. The van der Waals surface area contributed by atoms with Crippen LogP contribution in [-0.4, -0.2) is 12.1 Å². The van der Waals surface area contributed by atoms with Crippen LogP contribution in [0.4, 0.5) is 0 Å². The summed E-state index contributed by atoms with van der Waals surface area (Å²) in [5.41, 5.74) is 1.98. The van der Waals surface area contributed by atoms with Crippen LogP contribution in [0.2, 0.25) is 0 Å². The van der Waals surface area contributed by atoms with Crippen LogP contribution in [0.15, 0.2) is 30.3 Å². The molecule has 0 radical (unpaired) electrons. The second-order valence-electron chi connectivity index (χ2n) is 6.92. The number of nitrogens with one attached hydrogen (secondary N) is 1. The first-order valence-corrected chi connectivity index (χ1v) is 7.89. The van der Waals surface area contributed by atoms with Crippen LogP contribution < -0.4 is 5.32 Å². The Balaban J connectivity index is 1.88. The average Bonchev–Trinajstić information content (AvgIpc) is 2.38. The summed E-state index contributed by atoms with van der Waals surface area (Å²) in [6.45, 7) is 7.13. The molecule has 1 saturated carbocycles. The number of hydrogen-bond acceptors (Lipinski definition) is 1. The van der Waals surface area contributed by atoms with Gasteiger partial charge in [-0.2, -0.15) is 0 Å². The molecule has 1 heteroatoms. The Morgan fingerprint density at radius 3 is 2.63 bits per heavy atom. The highest BCUT2D eigenvalue weighted by Crippen LogP contribution is 2.35. The second-order valence-corrected chi connectivity index (χ2v) is 6.92. The molecule has 1 aliphatic carbocycles. The molecule has 2 atom stereocenters. The lowest BCUT2D eigenvalue weighted by molar-refractivity contribution is 0.187. The quantitative estimate of drug-likeness (QED) is 0.817. The van der Waals surface area contributed by atoms with E-state index in [-0.39, 0.29) is 0 Å². The van der Waals surface area contributed by atoms with Crippen molar-refractivity contribution in [2.45, 2.75) is 71.4 Å². The first-order valence-electron chi connectivity index (χ1n) is 7.89. The molecule has 2 rings (SSSR count). The summed E-state index contributed by atoms with van der Waals surface area (Å²) < 4.78 is 0. The first-order chi connectivity index (χ1) is 9.09. The van der Waals surface area contributed by atoms with Crippen molar-refractivity contribution in [1.82, 2.24) is 5.32 Å². The minimum absolute atomic E-state index is 0.529. The lowest BCUT2D eigenvalue weighted by atomic mass is 9.75. The zero-order valence-electron chi connectivity index (χ0n) is 12.8. The van der Waals surface area contributed by atoms with E-state index in [1.54, 1.807) is 0 Å². The van der Waals surface area contributed by atoms with Crippen molar-refractivity contribution < 1.29 is 0 Å². The minimum Gasteiger partial charge on any atom is -0.311 e. The molecule has 1 aromatic rings. The van der Waals surface area contributed by atoms with E-state index in [1.165, 1.54) is 37.7 Å². The zero-order chi connectivity index (χ0) is 13.7. The molecule has 0 bridgehead atoms. The Bertz CT molecular complexity index is 369. The third-order valence-electron chi connectivity index (χ3n) is 4.49. The van der Waals surface area contributed by atoms with Gasteiger partial charge in [-0.3, -0.25) is 0 Å². The highest BCUT2D eigenvalue weighted by Gasteiger charge is 2.28. The predicted molar refractivity (Wildman–Crippen MR) is 83.4 cm³/mol. The molecule has 19 heavy (non-hydrogen) atoms. The highest BCUT2D eigenvalue weighted by molar-refractivity contribution is 5.15. The number of benzene rings is 1. The van der Waals surface area contributed by atoms with E-state index in [2.05, 4.69) is 56.4 Å². The van der Waals surface area contributed by atoms with Gasteiger partial charge in [-0.05, 0) is 43.1 Å². The van der Waals surface area contributed by atoms with E-state index >= 15 is 0 Å². The van der Waals surface area contributed by atoms with E-state index in [1.807, 2.05) is 0 Å². The largest absolute Gasteiger partial charge is 0.311 e. The Morgan fingerprint density at radius 1 is 1.26 bits per heavy atom. The Kier molecular flexibility index (Phi) is 5.04. The molecule has 0 heterocycles. The van der Waals surface area contributed by atoms with Crippen molar-refractivity contribution in [3.8, 4) is 0 Å². The number of rotatable bonds is 5. The van der Waals surface area contributed by atoms with E-state index in [4.69, 9.17) is 0 Å². The van der Waals surface area contributed by atoms with Crippen LogP contribution in [-0.2, 0) is 6.42 Å². The van der Waals surface area contributed by atoms with E-state index in [0.29, 0.717) is 11.5 Å². The lowest BCUT2D eigenvalue weighted by Crippen LogP contribution is -2.43. The smallest absolute Gasteiger partial charge is 0.0107 e. The SMILES string of the molecule is CCC(Cc1ccccc1)NC1CCCC(C)(C)C1. The second kappa shape index (κ2) is 6.56. The van der Waals surface area contributed by atoms with Crippen molar-refractivity contribution in [3.05, 3.63) is 35.9 Å². The molecule has 2 unspecified atom stereocenters. The van der Waals surface area contributed by atoms with Crippen molar-refractivity contribution >= 4 is 0 Å². The fourth-order valence-electron chi connectivity index (χ4n) is 3.39. The molecular weight excluding hydrogens is 230 g/mol. The van der Waals surface area contributed by atoms with Crippen molar-refractivity contribution in [2.75, 3.05) is 0 Å². The predicted octanol–water partition coefficient (Wildman–Crippen LogP) is 4.57. The molecule has 1 aromatic carbocycles. The molecule has 1 aliphatic rings. The maximum atomic E-state index is 3.91. The van der Waals surface area contributed by atoms with Crippen molar-refractivity contribution in [1.29, 1.82) is 0 Å². The van der Waals surface area contributed by atoms with E-state index in [0.717, 1.165) is 12.5 Å². The molecule has 106 valence electrons. The summed E-state index contributed by atoms with van der Waals surface area (Å²) >= 11 is 0. The highest BCUT2D eigenvalue weighted by atomic mass is 15.0. The fourth-order valence-corrected chi connectivity index (χ4v) is 3.39. The lowest BCUT2D eigenvalue weighted by Gasteiger charge is -2.37. The molecule has 1 nitrogen and oxygen atoms in total. The summed E-state index contributed by atoms with van der Waals surface area (Å²) in [5, 5.41) is 3.91. The maximum Gasteiger partial charge on any atom is 0.0107 e. The van der Waals surface area contributed by atoms with Crippen LogP contribution in [0.1, 0.15) is 58.4 Å². The topological polar surface area (TPSA) is 12.0 Å².